The molecule has 2 aromatic carbocycles. The summed E-state index contributed by atoms with van der Waals surface area (Å²) in [5, 5.41) is 11.3. The molecule has 0 saturated carbocycles. The number of amides is 1. The van der Waals surface area contributed by atoms with Crippen LogP contribution >= 0.6 is 0 Å². The third-order valence-corrected chi connectivity index (χ3v) is 5.23. The van der Waals surface area contributed by atoms with Gasteiger partial charge in [0.15, 0.2) is 5.69 Å². The van der Waals surface area contributed by atoms with Crippen molar-refractivity contribution in [3.05, 3.63) is 96.7 Å². The van der Waals surface area contributed by atoms with Gasteiger partial charge in [-0.1, -0.05) is 61.9 Å². The van der Waals surface area contributed by atoms with Gasteiger partial charge in [0.25, 0.3) is 11.2 Å². The Morgan fingerprint density at radius 3 is 2.45 bits per heavy atom. The smallest absolute Gasteiger partial charge is 0.330 e. The van der Waals surface area contributed by atoms with E-state index in [9.17, 15) is 24.5 Å². The number of para-hydroxylation sites is 1. The van der Waals surface area contributed by atoms with Crippen LogP contribution in [0.1, 0.15) is 30.9 Å². The number of benzene rings is 2. The highest BCUT2D eigenvalue weighted by molar-refractivity contribution is 5.97. The number of nitrogen functional groups attached to an aromatic ring is 1. The third kappa shape index (κ3) is 5.35. The van der Waals surface area contributed by atoms with Crippen molar-refractivity contribution >= 4 is 23.1 Å². The molecule has 0 fully saturated rings. The van der Waals surface area contributed by atoms with E-state index in [1.807, 2.05) is 37.3 Å². The number of rotatable bonds is 9. The van der Waals surface area contributed by atoms with E-state index < -0.39 is 22.1 Å². The second kappa shape index (κ2) is 10.4. The van der Waals surface area contributed by atoms with Crippen LogP contribution in [0.25, 0.3) is 0 Å². The second-order valence-electron chi connectivity index (χ2n) is 7.53. The Bertz CT molecular complexity index is 1270. The van der Waals surface area contributed by atoms with E-state index in [0.717, 1.165) is 12.0 Å². The van der Waals surface area contributed by atoms with Gasteiger partial charge in [0.05, 0.1) is 17.9 Å². The first-order chi connectivity index (χ1) is 15.8. The minimum atomic E-state index is -0.783. The molecular formula is C23H25N5O5. The average Bonchev–Trinajstić information content (AvgIpc) is 2.79. The molecule has 1 amide bonds. The lowest BCUT2D eigenvalue weighted by Crippen LogP contribution is -2.42. The number of nitrogens with one attached hydrogen (secondary N) is 1. The monoisotopic (exact) mass is 451 g/mol. The molecule has 0 radical (unpaired) electrons. The fraction of sp³-hybridized carbons (Fsp3) is 0.261. The second-order valence-corrected chi connectivity index (χ2v) is 7.53. The maximum Gasteiger partial charge on any atom is 0.330 e. The predicted molar refractivity (Wildman–Crippen MR) is 125 cm³/mol. The van der Waals surface area contributed by atoms with Crippen LogP contribution in [-0.2, 0) is 17.8 Å². The van der Waals surface area contributed by atoms with Crippen molar-refractivity contribution in [2.75, 3.05) is 17.2 Å². The summed E-state index contributed by atoms with van der Waals surface area (Å²) in [4.78, 5) is 52.7. The number of carbonyl (C=O) groups excluding carboxylic acids is 1. The normalized spacial score (nSPS) is 10.7. The van der Waals surface area contributed by atoms with Crippen LogP contribution in [0.2, 0.25) is 0 Å². The molecule has 3 N–H and O–H groups in total. The number of aromatic nitrogens is 2. The predicted octanol–water partition coefficient (Wildman–Crippen LogP) is 2.45. The molecule has 3 rings (SSSR count). The van der Waals surface area contributed by atoms with Gasteiger partial charge in [-0.05, 0) is 12.0 Å². The molecule has 0 aliphatic rings. The molecule has 10 heteroatoms. The molecule has 172 valence electrons. The fourth-order valence-electron chi connectivity index (χ4n) is 3.54. The lowest BCUT2D eigenvalue weighted by atomic mass is 10.1. The maximum atomic E-state index is 13.3. The van der Waals surface area contributed by atoms with E-state index in [0.29, 0.717) is 6.42 Å². The number of unbranched alkanes of at least 4 members (excludes halogenated alkanes) is 1. The van der Waals surface area contributed by atoms with Gasteiger partial charge in [-0.15, -0.1) is 0 Å². The van der Waals surface area contributed by atoms with Crippen molar-refractivity contribution in [2.45, 2.75) is 32.7 Å². The highest BCUT2D eigenvalue weighted by atomic mass is 16.6. The van der Waals surface area contributed by atoms with Crippen molar-refractivity contribution in [1.82, 2.24) is 9.55 Å². The highest BCUT2D eigenvalue weighted by Crippen LogP contribution is 2.23. The minimum absolute atomic E-state index is 0.106. The van der Waals surface area contributed by atoms with Crippen LogP contribution in [-0.4, -0.2) is 26.9 Å². The van der Waals surface area contributed by atoms with Gasteiger partial charge in [-0.3, -0.25) is 29.3 Å². The van der Waals surface area contributed by atoms with Gasteiger partial charge >= 0.3 is 5.69 Å². The number of nitrogens with two attached hydrogens (primary N) is 1. The van der Waals surface area contributed by atoms with Crippen molar-refractivity contribution in [3.63, 3.8) is 0 Å². The zero-order valence-corrected chi connectivity index (χ0v) is 18.2. The number of nitrogens with zero attached hydrogens (tertiary/aromatic N) is 3. The number of nitro groups is 1. The molecule has 0 unspecified atom stereocenters. The van der Waals surface area contributed by atoms with Crippen LogP contribution in [0, 0.1) is 10.1 Å². The van der Waals surface area contributed by atoms with E-state index in [1.165, 1.54) is 27.7 Å². The molecule has 0 saturated heterocycles. The Labute approximate surface area is 189 Å². The van der Waals surface area contributed by atoms with E-state index in [-0.39, 0.29) is 42.3 Å². The van der Waals surface area contributed by atoms with Crippen molar-refractivity contribution < 1.29 is 9.72 Å². The number of hydrogen-bond acceptors (Lipinski definition) is 6. The number of carbonyl (C=O) groups is 1. The van der Waals surface area contributed by atoms with Crippen LogP contribution in [0.4, 0.5) is 17.2 Å². The van der Waals surface area contributed by atoms with Gasteiger partial charge in [0, 0.05) is 18.2 Å². The molecule has 1 aromatic heterocycles. The highest BCUT2D eigenvalue weighted by Gasteiger charge is 2.26. The lowest BCUT2D eigenvalue weighted by Gasteiger charge is -2.24. The van der Waals surface area contributed by atoms with Crippen LogP contribution < -0.4 is 21.9 Å². The topological polar surface area (TPSA) is 144 Å². The number of aromatic amines is 1. The average molecular weight is 451 g/mol. The fourth-order valence-corrected chi connectivity index (χ4v) is 3.54. The Morgan fingerprint density at radius 2 is 1.79 bits per heavy atom. The SMILES string of the molecule is CCCCN(C(=O)Cc1ccccc1[N+](=O)[O-])c1c(N)n(Cc2ccccc2)c(=O)[nH]c1=O. The number of nitro benzene ring substituents is 1. The molecule has 0 bridgehead atoms. The van der Waals surface area contributed by atoms with Crippen molar-refractivity contribution in [1.29, 1.82) is 0 Å². The van der Waals surface area contributed by atoms with Gasteiger partial charge in [0.1, 0.15) is 5.82 Å². The Hall–Kier alpha value is -4.21. The molecule has 0 spiro atoms. The van der Waals surface area contributed by atoms with Gasteiger partial charge in [-0.2, -0.15) is 0 Å². The molecule has 3 aromatic rings. The van der Waals surface area contributed by atoms with Crippen molar-refractivity contribution in [2.24, 2.45) is 0 Å². The lowest BCUT2D eigenvalue weighted by molar-refractivity contribution is -0.385. The molecule has 0 atom stereocenters. The van der Waals surface area contributed by atoms with Crippen molar-refractivity contribution in [3.8, 4) is 0 Å². The van der Waals surface area contributed by atoms with E-state index in [2.05, 4.69) is 4.98 Å². The Balaban J connectivity index is 2.04. The summed E-state index contributed by atoms with van der Waals surface area (Å²) >= 11 is 0. The number of hydrogen-bond donors (Lipinski definition) is 2. The first kappa shape index (κ1) is 23.5. The summed E-state index contributed by atoms with van der Waals surface area (Å²) in [5.41, 5.74) is 5.48. The van der Waals surface area contributed by atoms with Crippen LogP contribution in [0.3, 0.4) is 0 Å². The quantitative estimate of drug-likeness (QED) is 0.378. The summed E-state index contributed by atoms with van der Waals surface area (Å²) in [5.74, 6) is -0.667. The molecule has 10 nitrogen and oxygen atoms in total. The van der Waals surface area contributed by atoms with Crippen LogP contribution in [0.5, 0.6) is 0 Å². The molecule has 1 heterocycles. The summed E-state index contributed by atoms with van der Waals surface area (Å²) in [6.45, 7) is 2.21. The molecule has 0 aliphatic heterocycles. The van der Waals surface area contributed by atoms with Gasteiger partial charge in [0.2, 0.25) is 5.91 Å². The maximum absolute atomic E-state index is 13.3. The third-order valence-electron chi connectivity index (χ3n) is 5.23. The van der Waals surface area contributed by atoms with Gasteiger partial charge in [-0.25, -0.2) is 4.79 Å². The molecule has 0 aliphatic carbocycles. The first-order valence-electron chi connectivity index (χ1n) is 10.5. The Morgan fingerprint density at radius 1 is 1.12 bits per heavy atom. The molecular weight excluding hydrogens is 426 g/mol. The Kier molecular flexibility index (Phi) is 7.39. The van der Waals surface area contributed by atoms with Crippen LogP contribution in [0.15, 0.2) is 64.2 Å². The molecule has 33 heavy (non-hydrogen) atoms. The van der Waals surface area contributed by atoms with E-state index >= 15 is 0 Å². The zero-order valence-electron chi connectivity index (χ0n) is 18.2. The summed E-state index contributed by atoms with van der Waals surface area (Å²) in [6, 6.07) is 15.0. The standard InChI is InChI=1S/C23H25N5O5/c1-2-3-13-26(19(29)14-17-11-7-8-12-18(17)28(32)33)20-21(24)27(23(31)25-22(20)30)15-16-9-5-4-6-10-16/h4-12H,2-3,13-15,24H2,1H3,(H,25,30,31). The zero-order chi connectivity index (χ0) is 24.0. The number of anilines is 2. The summed E-state index contributed by atoms with van der Waals surface area (Å²) in [7, 11) is 0. The van der Waals surface area contributed by atoms with E-state index in [1.54, 1.807) is 6.07 Å². The van der Waals surface area contributed by atoms with Gasteiger partial charge < -0.3 is 10.6 Å². The minimum Gasteiger partial charge on any atom is -0.383 e. The number of H-pyrrole nitrogens is 1. The first-order valence-corrected chi connectivity index (χ1v) is 10.5. The summed E-state index contributed by atoms with van der Waals surface area (Å²) in [6.07, 6.45) is 1.01. The van der Waals surface area contributed by atoms with E-state index in [4.69, 9.17) is 5.73 Å². The summed E-state index contributed by atoms with van der Waals surface area (Å²) < 4.78 is 1.20. The largest absolute Gasteiger partial charge is 0.383 e.